The van der Waals surface area contributed by atoms with Crippen LogP contribution in [0.4, 0.5) is 0 Å². The number of hydrogen-bond acceptors (Lipinski definition) is 1. The van der Waals surface area contributed by atoms with Crippen LogP contribution in [0, 0.1) is 0 Å². The van der Waals surface area contributed by atoms with Crippen LogP contribution in [-0.4, -0.2) is 10.7 Å². The average Bonchev–Trinajstić information content (AvgIpc) is 1.85. The number of allylic oxidation sites excluding steroid dienone is 1. The van der Waals surface area contributed by atoms with Crippen LogP contribution in [0.2, 0.25) is 0 Å². The van der Waals surface area contributed by atoms with Crippen LogP contribution >= 0.6 is 0 Å². The SMILES string of the molecule is C=C(C)CCC(C)(O)CC. The molecule has 0 fully saturated rings. The quantitative estimate of drug-likeness (QED) is 0.598. The summed E-state index contributed by atoms with van der Waals surface area (Å²) in [6, 6.07) is 0. The predicted octanol–water partition coefficient (Wildman–Crippen LogP) is 2.50. The standard InChI is InChI=1S/C9H18O/c1-5-9(4,10)7-6-8(2)3/h10H,2,5-7H2,1,3-4H3. The van der Waals surface area contributed by atoms with Crippen LogP contribution in [0.5, 0.6) is 0 Å². The van der Waals surface area contributed by atoms with E-state index in [-0.39, 0.29) is 0 Å². The van der Waals surface area contributed by atoms with E-state index in [2.05, 4.69) is 6.58 Å². The highest BCUT2D eigenvalue weighted by Gasteiger charge is 2.15. The van der Waals surface area contributed by atoms with E-state index in [1.807, 2.05) is 20.8 Å². The van der Waals surface area contributed by atoms with Crippen LogP contribution in [0.3, 0.4) is 0 Å². The number of hydrogen-bond donors (Lipinski definition) is 1. The van der Waals surface area contributed by atoms with E-state index in [1.165, 1.54) is 0 Å². The third kappa shape index (κ3) is 4.57. The summed E-state index contributed by atoms with van der Waals surface area (Å²) in [5.74, 6) is 0. The molecule has 0 aromatic carbocycles. The highest BCUT2D eigenvalue weighted by molar-refractivity contribution is 4.90. The molecule has 0 radical (unpaired) electrons. The lowest BCUT2D eigenvalue weighted by molar-refractivity contribution is 0.0473. The van der Waals surface area contributed by atoms with Gasteiger partial charge in [0, 0.05) is 0 Å². The first-order valence-electron chi connectivity index (χ1n) is 3.84. The second kappa shape index (κ2) is 3.77. The monoisotopic (exact) mass is 142 g/mol. The molecule has 0 aliphatic carbocycles. The summed E-state index contributed by atoms with van der Waals surface area (Å²) in [7, 11) is 0. The van der Waals surface area contributed by atoms with Gasteiger partial charge in [0.2, 0.25) is 0 Å². The molecule has 0 saturated heterocycles. The molecule has 0 rings (SSSR count). The molecule has 0 amide bonds. The van der Waals surface area contributed by atoms with Gasteiger partial charge in [0.15, 0.2) is 0 Å². The van der Waals surface area contributed by atoms with Crippen molar-refractivity contribution < 1.29 is 5.11 Å². The molecule has 1 heteroatoms. The van der Waals surface area contributed by atoms with Gasteiger partial charge in [-0.25, -0.2) is 0 Å². The summed E-state index contributed by atoms with van der Waals surface area (Å²) >= 11 is 0. The third-order valence-electron chi connectivity index (χ3n) is 1.85. The third-order valence-corrected chi connectivity index (χ3v) is 1.85. The molecular formula is C9H18O. The van der Waals surface area contributed by atoms with Gasteiger partial charge >= 0.3 is 0 Å². The Bertz CT molecular complexity index is 114. The minimum atomic E-state index is -0.487. The first-order chi connectivity index (χ1) is 4.48. The normalized spacial score (nSPS) is 16.4. The first-order valence-corrected chi connectivity index (χ1v) is 3.84. The summed E-state index contributed by atoms with van der Waals surface area (Å²) in [6.07, 6.45) is 2.58. The first kappa shape index (κ1) is 9.70. The Morgan fingerprint density at radius 3 is 2.40 bits per heavy atom. The summed E-state index contributed by atoms with van der Waals surface area (Å²) in [6.45, 7) is 9.64. The fourth-order valence-electron chi connectivity index (χ4n) is 0.659. The summed E-state index contributed by atoms with van der Waals surface area (Å²) < 4.78 is 0. The maximum atomic E-state index is 9.53. The fraction of sp³-hybridized carbons (Fsp3) is 0.778. The van der Waals surface area contributed by atoms with Crippen molar-refractivity contribution in [2.75, 3.05) is 0 Å². The molecule has 1 atom stereocenters. The van der Waals surface area contributed by atoms with Crippen LogP contribution in [0.15, 0.2) is 12.2 Å². The van der Waals surface area contributed by atoms with Crippen molar-refractivity contribution in [2.24, 2.45) is 0 Å². The summed E-state index contributed by atoms with van der Waals surface area (Å²) in [4.78, 5) is 0. The molecule has 10 heavy (non-hydrogen) atoms. The number of aliphatic hydroxyl groups is 1. The van der Waals surface area contributed by atoms with Crippen molar-refractivity contribution in [1.82, 2.24) is 0 Å². The van der Waals surface area contributed by atoms with E-state index >= 15 is 0 Å². The Hall–Kier alpha value is -0.300. The smallest absolute Gasteiger partial charge is 0.0620 e. The lowest BCUT2D eigenvalue weighted by atomic mass is 9.95. The van der Waals surface area contributed by atoms with Crippen LogP contribution in [0.25, 0.3) is 0 Å². The van der Waals surface area contributed by atoms with Gasteiger partial charge in [-0.15, -0.1) is 6.58 Å². The molecule has 0 aromatic heterocycles. The molecule has 1 N–H and O–H groups in total. The molecule has 0 aliphatic heterocycles. The topological polar surface area (TPSA) is 20.2 Å². The largest absolute Gasteiger partial charge is 0.390 e. The number of rotatable bonds is 4. The van der Waals surface area contributed by atoms with E-state index in [0.717, 1.165) is 24.8 Å². The average molecular weight is 142 g/mol. The van der Waals surface area contributed by atoms with Crippen molar-refractivity contribution in [3.63, 3.8) is 0 Å². The molecule has 1 nitrogen and oxygen atoms in total. The summed E-state index contributed by atoms with van der Waals surface area (Å²) in [5, 5.41) is 9.53. The van der Waals surface area contributed by atoms with Gasteiger partial charge in [0.05, 0.1) is 5.60 Å². The molecule has 1 unspecified atom stereocenters. The van der Waals surface area contributed by atoms with Crippen molar-refractivity contribution in [3.05, 3.63) is 12.2 Å². The van der Waals surface area contributed by atoms with E-state index < -0.39 is 5.60 Å². The van der Waals surface area contributed by atoms with E-state index in [1.54, 1.807) is 0 Å². The Morgan fingerprint density at radius 1 is 1.60 bits per heavy atom. The Morgan fingerprint density at radius 2 is 2.10 bits per heavy atom. The fourth-order valence-corrected chi connectivity index (χ4v) is 0.659. The molecule has 0 saturated carbocycles. The van der Waals surface area contributed by atoms with E-state index in [4.69, 9.17) is 0 Å². The van der Waals surface area contributed by atoms with Crippen LogP contribution in [-0.2, 0) is 0 Å². The predicted molar refractivity (Wildman–Crippen MR) is 45.0 cm³/mol. The van der Waals surface area contributed by atoms with E-state index in [0.29, 0.717) is 0 Å². The summed E-state index contributed by atoms with van der Waals surface area (Å²) in [5.41, 5.74) is 0.660. The Kier molecular flexibility index (Phi) is 3.66. The molecule has 0 heterocycles. The van der Waals surface area contributed by atoms with Gasteiger partial charge in [-0.3, -0.25) is 0 Å². The van der Waals surface area contributed by atoms with Crippen molar-refractivity contribution in [1.29, 1.82) is 0 Å². The Labute approximate surface area is 63.8 Å². The Balaban J connectivity index is 3.56. The van der Waals surface area contributed by atoms with Gasteiger partial charge in [-0.05, 0) is 33.1 Å². The maximum absolute atomic E-state index is 9.53. The molecule has 0 aliphatic rings. The van der Waals surface area contributed by atoms with Gasteiger partial charge < -0.3 is 5.11 Å². The highest BCUT2D eigenvalue weighted by atomic mass is 16.3. The van der Waals surface area contributed by atoms with Gasteiger partial charge in [0.1, 0.15) is 0 Å². The lowest BCUT2D eigenvalue weighted by Gasteiger charge is -2.20. The van der Waals surface area contributed by atoms with Crippen LogP contribution < -0.4 is 0 Å². The van der Waals surface area contributed by atoms with Crippen molar-refractivity contribution >= 4 is 0 Å². The molecule has 60 valence electrons. The minimum Gasteiger partial charge on any atom is -0.390 e. The van der Waals surface area contributed by atoms with Gasteiger partial charge in [-0.1, -0.05) is 12.5 Å². The molecule has 0 bridgehead atoms. The molecule has 0 aromatic rings. The van der Waals surface area contributed by atoms with Gasteiger partial charge in [-0.2, -0.15) is 0 Å². The molecular weight excluding hydrogens is 124 g/mol. The zero-order valence-corrected chi connectivity index (χ0v) is 7.28. The minimum absolute atomic E-state index is 0.487. The second-order valence-electron chi connectivity index (χ2n) is 3.31. The van der Waals surface area contributed by atoms with E-state index in [9.17, 15) is 5.11 Å². The van der Waals surface area contributed by atoms with Crippen molar-refractivity contribution in [2.45, 2.75) is 45.6 Å². The zero-order chi connectivity index (χ0) is 8.20. The van der Waals surface area contributed by atoms with Gasteiger partial charge in [0.25, 0.3) is 0 Å². The highest BCUT2D eigenvalue weighted by Crippen LogP contribution is 2.17. The molecule has 0 spiro atoms. The van der Waals surface area contributed by atoms with Crippen LogP contribution in [0.1, 0.15) is 40.0 Å². The maximum Gasteiger partial charge on any atom is 0.0620 e. The van der Waals surface area contributed by atoms with Crippen molar-refractivity contribution in [3.8, 4) is 0 Å². The lowest BCUT2D eigenvalue weighted by Crippen LogP contribution is -2.22. The second-order valence-corrected chi connectivity index (χ2v) is 3.31. The zero-order valence-electron chi connectivity index (χ0n) is 7.28.